The molecular weight excluding hydrogens is 241 g/mol. The Hall–Kier alpha value is -2.16. The zero-order valence-corrected chi connectivity index (χ0v) is 10.8. The van der Waals surface area contributed by atoms with Crippen molar-refractivity contribution in [1.29, 1.82) is 0 Å². The molecule has 2 rings (SSSR count). The molecule has 3 heteroatoms. The predicted molar refractivity (Wildman–Crippen MR) is 75.5 cm³/mol. The van der Waals surface area contributed by atoms with Gasteiger partial charge in [0.15, 0.2) is 5.78 Å². The maximum Gasteiger partial charge on any atom is 0.156 e. The summed E-state index contributed by atoms with van der Waals surface area (Å²) in [6.07, 6.45) is 10.7. The molecule has 0 bridgehead atoms. The Morgan fingerprint density at radius 3 is 2.68 bits per heavy atom. The summed E-state index contributed by atoms with van der Waals surface area (Å²) in [6.45, 7) is 1.55. The summed E-state index contributed by atoms with van der Waals surface area (Å²) >= 11 is 0. The molecule has 0 radical (unpaired) electrons. The number of ketones is 1. The number of halogens is 1. The molecule has 1 N–H and O–H groups in total. The molecule has 0 aliphatic heterocycles. The minimum atomic E-state index is -0.413. The molecule has 2 nitrogen and oxygen atoms in total. The molecule has 1 aliphatic rings. The van der Waals surface area contributed by atoms with E-state index in [1.807, 2.05) is 30.4 Å². The lowest BCUT2D eigenvalue weighted by Crippen LogP contribution is -2.29. The quantitative estimate of drug-likeness (QED) is 0.892. The van der Waals surface area contributed by atoms with Crippen molar-refractivity contribution in [2.75, 3.05) is 5.32 Å². The summed E-state index contributed by atoms with van der Waals surface area (Å²) in [5.74, 6) is -0.267. The van der Waals surface area contributed by atoms with Crippen LogP contribution >= 0.6 is 0 Å². The van der Waals surface area contributed by atoms with Crippen LogP contribution in [0.5, 0.6) is 0 Å². The van der Waals surface area contributed by atoms with Crippen molar-refractivity contribution < 1.29 is 9.18 Å². The van der Waals surface area contributed by atoms with Crippen molar-refractivity contribution >= 4 is 11.5 Å². The van der Waals surface area contributed by atoms with Crippen LogP contribution in [0.15, 0.2) is 60.2 Å². The lowest BCUT2D eigenvalue weighted by atomic mass is 10.0. The van der Waals surface area contributed by atoms with Crippen molar-refractivity contribution in [3.63, 3.8) is 0 Å². The minimum absolute atomic E-state index is 0.0236. The first kappa shape index (κ1) is 13.3. The van der Waals surface area contributed by atoms with Gasteiger partial charge in [-0.3, -0.25) is 4.79 Å². The Labute approximate surface area is 112 Å². The second-order valence-corrected chi connectivity index (χ2v) is 4.43. The molecule has 19 heavy (non-hydrogen) atoms. The van der Waals surface area contributed by atoms with E-state index in [0.29, 0.717) is 0 Å². The number of hydrogen-bond donors (Lipinski definition) is 1. The van der Waals surface area contributed by atoms with Crippen LogP contribution in [-0.4, -0.2) is 11.8 Å². The van der Waals surface area contributed by atoms with Gasteiger partial charge in [0.2, 0.25) is 0 Å². The third kappa shape index (κ3) is 3.65. The summed E-state index contributed by atoms with van der Waals surface area (Å²) in [7, 11) is 0. The molecule has 0 saturated heterocycles. The van der Waals surface area contributed by atoms with Crippen molar-refractivity contribution in [3.05, 3.63) is 66.0 Å². The van der Waals surface area contributed by atoms with E-state index in [1.165, 1.54) is 12.1 Å². The van der Waals surface area contributed by atoms with Gasteiger partial charge < -0.3 is 5.32 Å². The van der Waals surface area contributed by atoms with E-state index in [2.05, 4.69) is 5.32 Å². The van der Waals surface area contributed by atoms with E-state index in [0.717, 1.165) is 17.7 Å². The van der Waals surface area contributed by atoms with Gasteiger partial charge in [-0.1, -0.05) is 30.4 Å². The van der Waals surface area contributed by atoms with Crippen LogP contribution in [0.4, 0.5) is 10.1 Å². The van der Waals surface area contributed by atoms with Gasteiger partial charge in [0, 0.05) is 5.69 Å². The third-order valence-corrected chi connectivity index (χ3v) is 2.90. The molecule has 0 heterocycles. The number of nitrogens with one attached hydrogen (secondary N) is 1. The number of hydrogen-bond acceptors (Lipinski definition) is 2. The molecule has 0 spiro atoms. The summed E-state index contributed by atoms with van der Waals surface area (Å²) in [5.41, 5.74) is 1.63. The third-order valence-electron chi connectivity index (χ3n) is 2.90. The highest BCUT2D eigenvalue weighted by molar-refractivity contribution is 5.88. The van der Waals surface area contributed by atoms with E-state index in [4.69, 9.17) is 0 Å². The second-order valence-electron chi connectivity index (χ2n) is 4.43. The molecule has 1 aromatic rings. The summed E-state index contributed by atoms with van der Waals surface area (Å²) < 4.78 is 12.9. The molecule has 1 unspecified atom stereocenters. The number of carbonyl (C=O) groups excluding carboxylic acids is 1. The van der Waals surface area contributed by atoms with E-state index < -0.39 is 6.04 Å². The van der Waals surface area contributed by atoms with Crippen LogP contribution in [-0.2, 0) is 4.79 Å². The zero-order valence-electron chi connectivity index (χ0n) is 10.8. The Balaban J connectivity index is 2.21. The van der Waals surface area contributed by atoms with Crippen molar-refractivity contribution in [1.82, 2.24) is 0 Å². The highest BCUT2D eigenvalue weighted by atomic mass is 19.1. The summed E-state index contributed by atoms with van der Waals surface area (Å²) in [6, 6.07) is 5.59. The fraction of sp³-hybridized carbons (Fsp3) is 0.188. The molecule has 98 valence electrons. The first-order valence-corrected chi connectivity index (χ1v) is 6.22. The van der Waals surface area contributed by atoms with Crippen LogP contribution in [0.25, 0.3) is 0 Å². The topological polar surface area (TPSA) is 29.1 Å². The van der Waals surface area contributed by atoms with Crippen LogP contribution in [0.3, 0.4) is 0 Å². The van der Waals surface area contributed by atoms with Crippen LogP contribution < -0.4 is 5.32 Å². The Morgan fingerprint density at radius 1 is 1.26 bits per heavy atom. The first-order chi connectivity index (χ1) is 9.16. The molecule has 0 aromatic heterocycles. The van der Waals surface area contributed by atoms with Gasteiger partial charge in [0.05, 0.1) is 0 Å². The standard InChI is InChI=1S/C16H16FNO/c1-12(19)16(13-6-4-2-3-5-7-13)18-15-10-8-14(17)9-11-15/h2,4-11,16,18H,3H2,1H3. The molecule has 1 aromatic carbocycles. The first-order valence-electron chi connectivity index (χ1n) is 6.22. The number of anilines is 1. The second kappa shape index (κ2) is 6.14. The Kier molecular flexibility index (Phi) is 4.29. The summed E-state index contributed by atoms with van der Waals surface area (Å²) in [4.78, 5) is 11.8. The molecule has 0 fully saturated rings. The van der Waals surface area contributed by atoms with E-state index in [-0.39, 0.29) is 11.6 Å². The Bertz CT molecular complexity index is 540. The molecule has 1 aliphatic carbocycles. The fourth-order valence-corrected chi connectivity index (χ4v) is 1.92. The van der Waals surface area contributed by atoms with E-state index in [1.54, 1.807) is 19.1 Å². The number of benzene rings is 1. The highest BCUT2D eigenvalue weighted by Crippen LogP contribution is 2.17. The lowest BCUT2D eigenvalue weighted by molar-refractivity contribution is -0.116. The number of rotatable bonds is 4. The molecule has 0 amide bonds. The van der Waals surface area contributed by atoms with Gasteiger partial charge in [0.25, 0.3) is 0 Å². The van der Waals surface area contributed by atoms with E-state index >= 15 is 0 Å². The molecule has 0 saturated carbocycles. The average Bonchev–Trinajstić information content (AvgIpc) is 2.66. The number of Topliss-reactive ketones (excluding diaryl/α,β-unsaturated/α-hetero) is 1. The molecular formula is C16H16FNO. The SMILES string of the molecule is CC(=O)C(Nc1ccc(F)cc1)C1=CC=CCC=C1. The molecule has 1 atom stereocenters. The monoisotopic (exact) mass is 257 g/mol. The smallest absolute Gasteiger partial charge is 0.156 e. The Morgan fingerprint density at radius 2 is 2.00 bits per heavy atom. The average molecular weight is 257 g/mol. The van der Waals surface area contributed by atoms with E-state index in [9.17, 15) is 9.18 Å². The van der Waals surface area contributed by atoms with Crippen molar-refractivity contribution in [2.24, 2.45) is 0 Å². The maximum atomic E-state index is 12.9. The fourth-order valence-electron chi connectivity index (χ4n) is 1.92. The van der Waals surface area contributed by atoms with Crippen LogP contribution in [0.2, 0.25) is 0 Å². The van der Waals surface area contributed by atoms with Gasteiger partial charge in [-0.15, -0.1) is 0 Å². The van der Waals surface area contributed by atoms with Gasteiger partial charge >= 0.3 is 0 Å². The normalized spacial score (nSPS) is 15.6. The zero-order chi connectivity index (χ0) is 13.7. The lowest BCUT2D eigenvalue weighted by Gasteiger charge is -2.18. The summed E-state index contributed by atoms with van der Waals surface area (Å²) in [5, 5.41) is 3.13. The largest absolute Gasteiger partial charge is 0.372 e. The minimum Gasteiger partial charge on any atom is -0.372 e. The number of carbonyl (C=O) groups is 1. The highest BCUT2D eigenvalue weighted by Gasteiger charge is 2.17. The van der Waals surface area contributed by atoms with Gasteiger partial charge in [-0.2, -0.15) is 0 Å². The van der Waals surface area contributed by atoms with Gasteiger partial charge in [-0.25, -0.2) is 4.39 Å². The maximum absolute atomic E-state index is 12.9. The van der Waals surface area contributed by atoms with Gasteiger partial charge in [-0.05, 0) is 43.2 Å². The van der Waals surface area contributed by atoms with Crippen molar-refractivity contribution in [2.45, 2.75) is 19.4 Å². The van der Waals surface area contributed by atoms with Gasteiger partial charge in [0.1, 0.15) is 11.9 Å². The van der Waals surface area contributed by atoms with Crippen molar-refractivity contribution in [3.8, 4) is 0 Å². The number of allylic oxidation sites excluding steroid dienone is 4. The van der Waals surface area contributed by atoms with Crippen LogP contribution in [0.1, 0.15) is 13.3 Å². The predicted octanol–water partition coefficient (Wildman–Crippen LogP) is 3.64. The van der Waals surface area contributed by atoms with Crippen LogP contribution in [0, 0.1) is 5.82 Å².